The first-order chi connectivity index (χ1) is 17.5. The first-order valence-electron chi connectivity index (χ1n) is 11.4. The second-order valence-electron chi connectivity index (χ2n) is 8.36. The third kappa shape index (κ3) is 4.92. The maximum Gasteiger partial charge on any atom is 0.323 e. The first-order valence-corrected chi connectivity index (χ1v) is 11.4. The molecule has 8 nitrogen and oxygen atoms in total. The summed E-state index contributed by atoms with van der Waals surface area (Å²) in [4.78, 5) is 28.1. The summed E-state index contributed by atoms with van der Waals surface area (Å²) >= 11 is 0. The average molecular weight is 480 g/mol. The minimum absolute atomic E-state index is 0.138. The number of fused-ring (bicyclic) bond motifs is 1. The van der Waals surface area contributed by atoms with E-state index in [-0.39, 0.29) is 11.9 Å². The van der Waals surface area contributed by atoms with Crippen molar-refractivity contribution in [2.45, 2.75) is 6.92 Å². The second-order valence-corrected chi connectivity index (χ2v) is 8.36. The summed E-state index contributed by atoms with van der Waals surface area (Å²) in [6, 6.07) is 22.0. The maximum absolute atomic E-state index is 12.5. The van der Waals surface area contributed by atoms with Crippen LogP contribution in [-0.2, 0) is 4.79 Å². The lowest BCUT2D eigenvalue weighted by Gasteiger charge is -2.14. The normalized spacial score (nSPS) is 13.2. The van der Waals surface area contributed by atoms with E-state index in [1.165, 1.54) is 0 Å². The number of aromatic amines is 1. The Morgan fingerprint density at radius 2 is 1.72 bits per heavy atom. The SMILES string of the molecule is COc1cccc(NC(=O)Nc2ccc(C)c(Nc3ccc4c(c3)NC(=O)C4=Cc3ccc[nH]3)c2)c1. The first kappa shape index (κ1) is 22.8. The van der Waals surface area contributed by atoms with E-state index in [9.17, 15) is 9.59 Å². The van der Waals surface area contributed by atoms with Gasteiger partial charge >= 0.3 is 6.03 Å². The Kier molecular flexibility index (Phi) is 6.15. The zero-order valence-electron chi connectivity index (χ0n) is 19.8. The van der Waals surface area contributed by atoms with Gasteiger partial charge in [0, 0.05) is 46.3 Å². The highest BCUT2D eigenvalue weighted by Gasteiger charge is 2.24. The van der Waals surface area contributed by atoms with Crippen LogP contribution in [0.5, 0.6) is 5.75 Å². The molecule has 3 aromatic carbocycles. The number of methoxy groups -OCH3 is 1. The van der Waals surface area contributed by atoms with E-state index < -0.39 is 0 Å². The minimum atomic E-state index is -0.361. The summed E-state index contributed by atoms with van der Waals surface area (Å²) in [6.45, 7) is 1.98. The molecule has 0 fully saturated rings. The Hall–Kier alpha value is -4.98. The molecule has 3 amide bonds. The van der Waals surface area contributed by atoms with Crippen molar-refractivity contribution in [2.24, 2.45) is 0 Å². The van der Waals surface area contributed by atoms with Crippen molar-refractivity contribution in [3.8, 4) is 5.75 Å². The van der Waals surface area contributed by atoms with Gasteiger partial charge in [0.25, 0.3) is 5.91 Å². The monoisotopic (exact) mass is 479 g/mol. The van der Waals surface area contributed by atoms with Gasteiger partial charge in [-0.3, -0.25) is 4.79 Å². The fourth-order valence-corrected chi connectivity index (χ4v) is 3.99. The van der Waals surface area contributed by atoms with E-state index >= 15 is 0 Å². The van der Waals surface area contributed by atoms with Crippen molar-refractivity contribution >= 4 is 52.0 Å². The minimum Gasteiger partial charge on any atom is -0.497 e. The summed E-state index contributed by atoms with van der Waals surface area (Å²) in [5.41, 5.74) is 6.99. The number of urea groups is 1. The lowest BCUT2D eigenvalue weighted by atomic mass is 10.1. The molecule has 2 heterocycles. The van der Waals surface area contributed by atoms with Crippen LogP contribution in [-0.4, -0.2) is 24.0 Å². The van der Waals surface area contributed by atoms with E-state index in [1.807, 2.05) is 73.8 Å². The summed E-state index contributed by atoms with van der Waals surface area (Å²) in [6.07, 6.45) is 3.66. The van der Waals surface area contributed by atoms with E-state index in [0.29, 0.717) is 22.7 Å². The molecule has 5 N–H and O–H groups in total. The standard InChI is InChI=1S/C28H25N5O3/c1-17-8-9-21(32-28(35)31-19-5-3-7-22(13-19)36-2)15-25(17)30-20-10-11-23-24(14-18-6-4-12-29-18)27(34)33-26(23)16-20/h3-16,29-30H,1-2H3,(H,33,34)(H2,31,32,35). The van der Waals surface area contributed by atoms with Crippen LogP contribution in [0.25, 0.3) is 11.6 Å². The van der Waals surface area contributed by atoms with Gasteiger partial charge in [0.05, 0.1) is 18.4 Å². The lowest BCUT2D eigenvalue weighted by Crippen LogP contribution is -2.19. The summed E-state index contributed by atoms with van der Waals surface area (Å²) < 4.78 is 5.20. The fraction of sp³-hybridized carbons (Fsp3) is 0.0714. The summed E-state index contributed by atoms with van der Waals surface area (Å²) in [7, 11) is 1.58. The Balaban J connectivity index is 1.31. The number of benzene rings is 3. The molecule has 1 aliphatic heterocycles. The molecular weight excluding hydrogens is 454 g/mol. The van der Waals surface area contributed by atoms with Gasteiger partial charge in [0.1, 0.15) is 5.75 Å². The Bertz CT molecular complexity index is 1470. The number of carbonyl (C=O) groups excluding carboxylic acids is 2. The van der Waals surface area contributed by atoms with Crippen LogP contribution in [0.1, 0.15) is 16.8 Å². The van der Waals surface area contributed by atoms with Gasteiger partial charge in [-0.05, 0) is 67.1 Å². The molecule has 36 heavy (non-hydrogen) atoms. The van der Waals surface area contributed by atoms with Crippen LogP contribution >= 0.6 is 0 Å². The number of amides is 3. The van der Waals surface area contributed by atoms with Crippen molar-refractivity contribution < 1.29 is 14.3 Å². The Labute approximate surface area is 208 Å². The molecule has 1 aliphatic rings. The van der Waals surface area contributed by atoms with Crippen molar-refractivity contribution in [3.05, 3.63) is 95.8 Å². The van der Waals surface area contributed by atoms with Gasteiger partial charge in [-0.1, -0.05) is 18.2 Å². The van der Waals surface area contributed by atoms with Crippen molar-refractivity contribution in [2.75, 3.05) is 28.4 Å². The molecule has 0 saturated carbocycles. The second kappa shape index (κ2) is 9.71. The number of carbonyl (C=O) groups is 2. The van der Waals surface area contributed by atoms with Gasteiger partial charge in [-0.25, -0.2) is 4.79 Å². The molecule has 0 atom stereocenters. The number of aromatic nitrogens is 1. The van der Waals surface area contributed by atoms with Crippen molar-refractivity contribution in [3.63, 3.8) is 0 Å². The van der Waals surface area contributed by atoms with Gasteiger partial charge in [0.15, 0.2) is 0 Å². The molecular formula is C28H25N5O3. The van der Waals surface area contributed by atoms with E-state index in [1.54, 1.807) is 25.3 Å². The average Bonchev–Trinajstić information content (AvgIpc) is 3.49. The van der Waals surface area contributed by atoms with Crippen LogP contribution < -0.4 is 26.0 Å². The molecule has 0 saturated heterocycles. The van der Waals surface area contributed by atoms with Crippen LogP contribution in [0.4, 0.5) is 33.2 Å². The van der Waals surface area contributed by atoms with Crippen LogP contribution in [0.15, 0.2) is 79.0 Å². The topological polar surface area (TPSA) is 107 Å². The number of nitrogens with one attached hydrogen (secondary N) is 5. The van der Waals surface area contributed by atoms with Crippen molar-refractivity contribution in [1.82, 2.24) is 4.98 Å². The highest BCUT2D eigenvalue weighted by molar-refractivity contribution is 6.35. The quantitative estimate of drug-likeness (QED) is 0.212. The zero-order chi connectivity index (χ0) is 25.1. The predicted octanol–water partition coefficient (Wildman–Crippen LogP) is 6.21. The third-order valence-corrected chi connectivity index (χ3v) is 5.83. The lowest BCUT2D eigenvalue weighted by molar-refractivity contribution is -0.110. The largest absolute Gasteiger partial charge is 0.497 e. The molecule has 0 unspecified atom stereocenters. The number of H-pyrrole nitrogens is 1. The Morgan fingerprint density at radius 3 is 2.50 bits per heavy atom. The number of ether oxygens (including phenoxy) is 1. The molecule has 0 aliphatic carbocycles. The maximum atomic E-state index is 12.5. The number of rotatable bonds is 6. The fourth-order valence-electron chi connectivity index (χ4n) is 3.99. The van der Waals surface area contributed by atoms with Crippen LogP contribution in [0.3, 0.4) is 0 Å². The van der Waals surface area contributed by atoms with Gasteiger partial charge in [-0.15, -0.1) is 0 Å². The number of anilines is 5. The number of hydrogen-bond acceptors (Lipinski definition) is 4. The van der Waals surface area contributed by atoms with Gasteiger partial charge in [0.2, 0.25) is 0 Å². The zero-order valence-corrected chi connectivity index (χ0v) is 19.8. The number of aryl methyl sites for hydroxylation is 1. The molecule has 1 aromatic heterocycles. The van der Waals surface area contributed by atoms with Crippen molar-refractivity contribution in [1.29, 1.82) is 0 Å². The smallest absolute Gasteiger partial charge is 0.323 e. The third-order valence-electron chi connectivity index (χ3n) is 5.83. The van der Waals surface area contributed by atoms with E-state index in [0.717, 1.165) is 33.9 Å². The molecule has 8 heteroatoms. The molecule has 180 valence electrons. The molecule has 0 radical (unpaired) electrons. The molecule has 5 rings (SSSR count). The highest BCUT2D eigenvalue weighted by Crippen LogP contribution is 2.36. The van der Waals surface area contributed by atoms with E-state index in [4.69, 9.17) is 4.74 Å². The predicted molar refractivity (Wildman–Crippen MR) is 144 cm³/mol. The summed E-state index contributed by atoms with van der Waals surface area (Å²) in [5.74, 6) is 0.522. The van der Waals surface area contributed by atoms with Gasteiger partial charge < -0.3 is 31.0 Å². The van der Waals surface area contributed by atoms with Crippen LogP contribution in [0, 0.1) is 6.92 Å². The Morgan fingerprint density at radius 1 is 0.917 bits per heavy atom. The highest BCUT2D eigenvalue weighted by atomic mass is 16.5. The summed E-state index contributed by atoms with van der Waals surface area (Å²) in [5, 5.41) is 12.0. The van der Waals surface area contributed by atoms with Crippen LogP contribution in [0.2, 0.25) is 0 Å². The number of hydrogen-bond donors (Lipinski definition) is 5. The molecule has 4 aromatic rings. The van der Waals surface area contributed by atoms with Gasteiger partial charge in [-0.2, -0.15) is 0 Å². The van der Waals surface area contributed by atoms with E-state index in [2.05, 4.69) is 26.3 Å². The molecule has 0 bridgehead atoms. The molecule has 0 spiro atoms.